The number of hydrogen-bond donors (Lipinski definition) is 1. The standard InChI is InChI=1S/C13H21.CH3N/c1-3-7-12-10(5-1)9-11-6-2-4-8-13(11)12;1-2/h1,10-13H,2-9H2;2H,1H2. The third-order valence-corrected chi connectivity index (χ3v) is 4.90. The molecule has 15 heavy (non-hydrogen) atoms. The van der Waals surface area contributed by atoms with Gasteiger partial charge in [0.05, 0.1) is 0 Å². The summed E-state index contributed by atoms with van der Waals surface area (Å²) in [7, 11) is 0. The Morgan fingerprint density at radius 2 is 1.67 bits per heavy atom. The van der Waals surface area contributed by atoms with E-state index in [4.69, 9.17) is 5.41 Å². The van der Waals surface area contributed by atoms with Gasteiger partial charge in [0.15, 0.2) is 0 Å². The second-order valence-corrected chi connectivity index (χ2v) is 5.47. The van der Waals surface area contributed by atoms with Crippen molar-refractivity contribution in [3.05, 3.63) is 6.42 Å². The molecule has 1 nitrogen and oxygen atoms in total. The minimum absolute atomic E-state index is 1.11. The van der Waals surface area contributed by atoms with Crippen LogP contribution in [0.15, 0.2) is 0 Å². The molecule has 3 aliphatic carbocycles. The molecule has 1 N–H and O–H groups in total. The van der Waals surface area contributed by atoms with Crippen molar-refractivity contribution in [1.82, 2.24) is 0 Å². The predicted octanol–water partition coefficient (Wildman–Crippen LogP) is 4.08. The van der Waals surface area contributed by atoms with Gasteiger partial charge in [-0.25, -0.2) is 0 Å². The lowest BCUT2D eigenvalue weighted by Crippen LogP contribution is -2.22. The van der Waals surface area contributed by atoms with Gasteiger partial charge in [0.25, 0.3) is 0 Å². The van der Waals surface area contributed by atoms with E-state index >= 15 is 0 Å². The topological polar surface area (TPSA) is 23.9 Å². The first-order valence-electron chi connectivity index (χ1n) is 6.62. The molecule has 0 heterocycles. The lowest BCUT2D eigenvalue weighted by atomic mass is 9.73. The molecule has 85 valence electrons. The summed E-state index contributed by atoms with van der Waals surface area (Å²) in [6.07, 6.45) is 14.8. The fourth-order valence-corrected chi connectivity index (χ4v) is 4.37. The van der Waals surface area contributed by atoms with Crippen molar-refractivity contribution in [3.8, 4) is 0 Å². The predicted molar refractivity (Wildman–Crippen MR) is 65.0 cm³/mol. The number of rotatable bonds is 0. The summed E-state index contributed by atoms with van der Waals surface area (Å²) >= 11 is 0. The minimum Gasteiger partial charge on any atom is -0.317 e. The summed E-state index contributed by atoms with van der Waals surface area (Å²) in [6.45, 7) is 2.50. The maximum atomic E-state index is 5.50. The monoisotopic (exact) mass is 206 g/mol. The van der Waals surface area contributed by atoms with Crippen LogP contribution in [0.2, 0.25) is 0 Å². The molecule has 3 rings (SSSR count). The Morgan fingerprint density at radius 3 is 2.53 bits per heavy atom. The first-order valence-corrected chi connectivity index (χ1v) is 6.62. The Balaban J connectivity index is 0.000000404. The summed E-state index contributed by atoms with van der Waals surface area (Å²) < 4.78 is 0. The Labute approximate surface area is 94.2 Å². The zero-order valence-corrected chi connectivity index (χ0v) is 9.75. The van der Waals surface area contributed by atoms with Crippen LogP contribution in [0.3, 0.4) is 0 Å². The van der Waals surface area contributed by atoms with Gasteiger partial charge in [-0.1, -0.05) is 19.3 Å². The van der Waals surface area contributed by atoms with Crippen molar-refractivity contribution < 1.29 is 0 Å². The molecule has 1 radical (unpaired) electrons. The highest BCUT2D eigenvalue weighted by molar-refractivity contribution is 5.15. The number of hydrogen-bond acceptors (Lipinski definition) is 1. The molecule has 3 aliphatic rings. The third kappa shape index (κ3) is 2.11. The molecule has 3 fully saturated rings. The normalized spacial score (nSPS) is 43.5. The SMILES string of the molecule is C=N.[CH]1CCC2C(C1)CC1CCCCC12. The van der Waals surface area contributed by atoms with Crippen LogP contribution in [-0.4, -0.2) is 6.72 Å². The highest BCUT2D eigenvalue weighted by Crippen LogP contribution is 2.53. The molecule has 0 amide bonds. The minimum atomic E-state index is 1.11. The Hall–Kier alpha value is -0.330. The van der Waals surface area contributed by atoms with Crippen LogP contribution in [0.1, 0.15) is 51.4 Å². The van der Waals surface area contributed by atoms with Crippen LogP contribution in [0.5, 0.6) is 0 Å². The van der Waals surface area contributed by atoms with Gasteiger partial charge in [-0.3, -0.25) is 0 Å². The second-order valence-electron chi connectivity index (χ2n) is 5.47. The Bertz CT molecular complexity index is 182. The largest absolute Gasteiger partial charge is 0.317 e. The number of nitrogens with one attached hydrogen (secondary N) is 1. The van der Waals surface area contributed by atoms with Gasteiger partial charge < -0.3 is 5.41 Å². The van der Waals surface area contributed by atoms with E-state index < -0.39 is 0 Å². The van der Waals surface area contributed by atoms with Crippen LogP contribution in [0, 0.1) is 35.5 Å². The Kier molecular flexibility index (Phi) is 3.82. The molecule has 4 unspecified atom stereocenters. The van der Waals surface area contributed by atoms with Crippen molar-refractivity contribution in [2.45, 2.75) is 51.4 Å². The molecular formula is C14H24N. The van der Waals surface area contributed by atoms with E-state index in [-0.39, 0.29) is 0 Å². The maximum absolute atomic E-state index is 5.50. The van der Waals surface area contributed by atoms with Crippen LogP contribution < -0.4 is 0 Å². The van der Waals surface area contributed by atoms with Crippen molar-refractivity contribution >= 4 is 6.72 Å². The average Bonchev–Trinajstić information content (AvgIpc) is 2.70. The quantitative estimate of drug-likeness (QED) is 0.577. The smallest absolute Gasteiger partial charge is 0.0187 e. The highest BCUT2D eigenvalue weighted by atomic mass is 14.5. The number of fused-ring (bicyclic) bond motifs is 3. The van der Waals surface area contributed by atoms with Gasteiger partial charge in [0.2, 0.25) is 0 Å². The lowest BCUT2D eigenvalue weighted by molar-refractivity contribution is 0.197. The van der Waals surface area contributed by atoms with E-state index in [1.807, 2.05) is 0 Å². The van der Waals surface area contributed by atoms with Crippen LogP contribution in [0.25, 0.3) is 0 Å². The van der Waals surface area contributed by atoms with Gasteiger partial charge >= 0.3 is 0 Å². The van der Waals surface area contributed by atoms with Crippen molar-refractivity contribution in [1.29, 1.82) is 5.41 Å². The van der Waals surface area contributed by atoms with Gasteiger partial charge in [-0.05, 0) is 68.9 Å². The second kappa shape index (κ2) is 5.14. The van der Waals surface area contributed by atoms with Crippen LogP contribution in [0.4, 0.5) is 0 Å². The molecule has 1 heteroatoms. The lowest BCUT2D eigenvalue weighted by Gasteiger charge is -2.32. The van der Waals surface area contributed by atoms with E-state index in [1.54, 1.807) is 19.3 Å². The first kappa shape index (κ1) is 11.2. The van der Waals surface area contributed by atoms with Gasteiger partial charge in [0.1, 0.15) is 0 Å². The van der Waals surface area contributed by atoms with Crippen LogP contribution in [-0.2, 0) is 0 Å². The molecule has 0 saturated heterocycles. The van der Waals surface area contributed by atoms with Crippen molar-refractivity contribution in [2.24, 2.45) is 23.7 Å². The molecule has 0 aromatic carbocycles. The van der Waals surface area contributed by atoms with Gasteiger partial charge in [0, 0.05) is 0 Å². The fraction of sp³-hybridized carbons (Fsp3) is 0.857. The molecule has 3 saturated carbocycles. The van der Waals surface area contributed by atoms with Crippen molar-refractivity contribution in [2.75, 3.05) is 0 Å². The zero-order chi connectivity index (χ0) is 10.7. The summed E-state index contributed by atoms with van der Waals surface area (Å²) in [6, 6.07) is 0. The summed E-state index contributed by atoms with van der Waals surface area (Å²) in [5.74, 6) is 4.57. The Morgan fingerprint density at radius 1 is 0.933 bits per heavy atom. The van der Waals surface area contributed by atoms with E-state index in [9.17, 15) is 0 Å². The van der Waals surface area contributed by atoms with E-state index in [1.165, 1.54) is 32.1 Å². The van der Waals surface area contributed by atoms with Gasteiger partial charge in [-0.2, -0.15) is 0 Å². The first-order chi connectivity index (χ1) is 7.45. The molecule has 0 aromatic rings. The van der Waals surface area contributed by atoms with E-state index in [0.29, 0.717) is 0 Å². The molecule has 0 aliphatic heterocycles. The fourth-order valence-electron chi connectivity index (χ4n) is 4.37. The summed E-state index contributed by atoms with van der Waals surface area (Å²) in [4.78, 5) is 0. The third-order valence-electron chi connectivity index (χ3n) is 4.90. The summed E-state index contributed by atoms with van der Waals surface area (Å²) in [5, 5.41) is 5.50. The summed E-state index contributed by atoms with van der Waals surface area (Å²) in [5.41, 5.74) is 0. The molecular weight excluding hydrogens is 182 g/mol. The van der Waals surface area contributed by atoms with Gasteiger partial charge in [-0.15, -0.1) is 0 Å². The highest BCUT2D eigenvalue weighted by Gasteiger charge is 2.44. The maximum Gasteiger partial charge on any atom is -0.0187 e. The van der Waals surface area contributed by atoms with Crippen molar-refractivity contribution in [3.63, 3.8) is 0 Å². The van der Waals surface area contributed by atoms with E-state index in [0.717, 1.165) is 23.7 Å². The molecule has 4 atom stereocenters. The molecule has 0 spiro atoms. The average molecular weight is 206 g/mol. The van der Waals surface area contributed by atoms with Crippen LogP contribution >= 0.6 is 0 Å². The van der Waals surface area contributed by atoms with E-state index in [2.05, 4.69) is 13.1 Å². The molecule has 0 bridgehead atoms. The molecule has 0 aromatic heterocycles. The zero-order valence-electron chi connectivity index (χ0n) is 9.75.